The molecule has 1 unspecified atom stereocenters. The fraction of sp³-hybridized carbons (Fsp3) is 0.176. The molecule has 0 aromatic heterocycles. The van der Waals surface area contributed by atoms with Gasteiger partial charge in [-0.15, -0.1) is 0 Å². The average molecular weight is 310 g/mol. The molecule has 1 atom stereocenters. The van der Waals surface area contributed by atoms with Crippen LogP contribution in [0.25, 0.3) is 0 Å². The highest BCUT2D eigenvalue weighted by Gasteiger charge is 2.41. The number of phenolic OH excluding ortho intramolecular Hbond substituents is 1. The van der Waals surface area contributed by atoms with Crippen molar-refractivity contribution < 1.29 is 19.4 Å². The Kier molecular flexibility index (Phi) is 3.54. The maximum absolute atomic E-state index is 12.8. The van der Waals surface area contributed by atoms with Crippen LogP contribution in [0.1, 0.15) is 22.0 Å². The van der Waals surface area contributed by atoms with Gasteiger partial charge in [-0.05, 0) is 30.3 Å². The van der Waals surface area contributed by atoms with E-state index in [1.165, 1.54) is 31.3 Å². The lowest BCUT2D eigenvalue weighted by molar-refractivity contribution is 0.0994. The Bertz CT molecular complexity index is 809. The van der Waals surface area contributed by atoms with Crippen LogP contribution in [0.3, 0.4) is 0 Å². The number of hydrogen-bond acceptors (Lipinski definition) is 5. The van der Waals surface area contributed by atoms with E-state index in [0.29, 0.717) is 28.3 Å². The lowest BCUT2D eigenvalue weighted by atomic mass is 10.0. The van der Waals surface area contributed by atoms with Crippen LogP contribution in [0.5, 0.6) is 17.2 Å². The topological polar surface area (TPSA) is 82.8 Å². The third-order valence-corrected chi connectivity index (χ3v) is 3.80. The van der Waals surface area contributed by atoms with Crippen LogP contribution >= 0.6 is 0 Å². The first kappa shape index (κ1) is 14.7. The van der Waals surface area contributed by atoms with Crippen molar-refractivity contribution in [1.29, 1.82) is 5.26 Å². The summed E-state index contributed by atoms with van der Waals surface area (Å²) < 4.78 is 10.5. The zero-order valence-electron chi connectivity index (χ0n) is 12.6. The number of nitriles is 1. The molecule has 0 aliphatic carbocycles. The molecular weight excluding hydrogens is 296 g/mol. The van der Waals surface area contributed by atoms with E-state index in [4.69, 9.17) is 9.47 Å². The van der Waals surface area contributed by atoms with E-state index in [2.05, 4.69) is 6.07 Å². The molecule has 2 aromatic rings. The van der Waals surface area contributed by atoms with Crippen LogP contribution in [0.15, 0.2) is 36.4 Å². The third-order valence-electron chi connectivity index (χ3n) is 3.80. The molecule has 3 rings (SSSR count). The van der Waals surface area contributed by atoms with Crippen LogP contribution in [0.4, 0.5) is 5.69 Å². The van der Waals surface area contributed by atoms with Gasteiger partial charge in [-0.2, -0.15) is 5.26 Å². The quantitative estimate of drug-likeness (QED) is 0.942. The first-order valence-electron chi connectivity index (χ1n) is 6.88. The van der Waals surface area contributed by atoms with E-state index in [0.717, 1.165) is 0 Å². The van der Waals surface area contributed by atoms with Crippen LogP contribution in [-0.2, 0) is 0 Å². The first-order chi connectivity index (χ1) is 11.1. The molecule has 0 saturated heterocycles. The van der Waals surface area contributed by atoms with E-state index >= 15 is 0 Å². The number of aromatic hydroxyl groups is 1. The van der Waals surface area contributed by atoms with Gasteiger partial charge in [0.15, 0.2) is 6.04 Å². The Morgan fingerprint density at radius 3 is 2.43 bits per heavy atom. The van der Waals surface area contributed by atoms with E-state index in [1.54, 1.807) is 24.3 Å². The minimum Gasteiger partial charge on any atom is -0.508 e. The number of hydrogen-bond donors (Lipinski definition) is 1. The number of phenols is 1. The van der Waals surface area contributed by atoms with E-state index in [9.17, 15) is 15.2 Å². The summed E-state index contributed by atoms with van der Waals surface area (Å²) >= 11 is 0. The molecule has 0 fully saturated rings. The second-order valence-electron chi connectivity index (χ2n) is 5.01. The summed E-state index contributed by atoms with van der Waals surface area (Å²) in [6.07, 6.45) is 0. The number of carbonyl (C=O) groups is 1. The van der Waals surface area contributed by atoms with Crippen molar-refractivity contribution in [2.24, 2.45) is 0 Å². The fourth-order valence-corrected chi connectivity index (χ4v) is 2.73. The first-order valence-corrected chi connectivity index (χ1v) is 6.88. The van der Waals surface area contributed by atoms with Gasteiger partial charge < -0.3 is 14.6 Å². The summed E-state index contributed by atoms with van der Waals surface area (Å²) in [5, 5.41) is 19.0. The minimum atomic E-state index is -0.803. The standard InChI is InChI=1S/C17H14N2O4/c1-22-12-7-13-16(15(8-12)23-2)14(9-18)19(17(13)21)10-3-5-11(20)6-4-10/h3-8,14,20H,1-2H3. The molecule has 0 spiro atoms. The molecule has 6 heteroatoms. The number of nitrogens with zero attached hydrogens (tertiary/aromatic N) is 2. The average Bonchev–Trinajstić information content (AvgIpc) is 2.87. The molecule has 1 amide bonds. The van der Waals surface area contributed by atoms with E-state index in [-0.39, 0.29) is 11.7 Å². The van der Waals surface area contributed by atoms with Crippen LogP contribution in [0, 0.1) is 11.3 Å². The molecule has 0 saturated carbocycles. The second kappa shape index (κ2) is 5.54. The second-order valence-corrected chi connectivity index (χ2v) is 5.01. The molecule has 2 aromatic carbocycles. The molecule has 1 N–H and O–H groups in total. The van der Waals surface area contributed by atoms with Gasteiger partial charge in [0.1, 0.15) is 17.2 Å². The van der Waals surface area contributed by atoms with Crippen molar-refractivity contribution >= 4 is 11.6 Å². The third kappa shape index (κ3) is 2.23. The maximum Gasteiger partial charge on any atom is 0.260 e. The Morgan fingerprint density at radius 1 is 1.17 bits per heavy atom. The van der Waals surface area contributed by atoms with Crippen LogP contribution in [0.2, 0.25) is 0 Å². The molecule has 1 heterocycles. The molecule has 0 bridgehead atoms. The predicted octanol–water partition coefficient (Wildman–Crippen LogP) is 2.63. The number of fused-ring (bicyclic) bond motifs is 1. The Hall–Kier alpha value is -3.20. The summed E-state index contributed by atoms with van der Waals surface area (Å²) in [6, 6.07) is 10.7. The monoisotopic (exact) mass is 310 g/mol. The minimum absolute atomic E-state index is 0.0886. The van der Waals surface area contributed by atoms with Crippen molar-refractivity contribution in [1.82, 2.24) is 0 Å². The largest absolute Gasteiger partial charge is 0.508 e. The van der Waals surface area contributed by atoms with Crippen LogP contribution in [-0.4, -0.2) is 25.2 Å². The number of rotatable bonds is 3. The molecule has 6 nitrogen and oxygen atoms in total. The van der Waals surface area contributed by atoms with Gasteiger partial charge in [0.05, 0.1) is 25.9 Å². The predicted molar refractivity (Wildman–Crippen MR) is 82.8 cm³/mol. The van der Waals surface area contributed by atoms with Crippen molar-refractivity contribution in [3.8, 4) is 23.3 Å². The Labute approximate surface area is 133 Å². The highest BCUT2D eigenvalue weighted by Crippen LogP contribution is 2.44. The van der Waals surface area contributed by atoms with Crippen LogP contribution < -0.4 is 14.4 Å². The molecule has 116 valence electrons. The van der Waals surface area contributed by atoms with Crippen molar-refractivity contribution in [2.45, 2.75) is 6.04 Å². The fourth-order valence-electron chi connectivity index (χ4n) is 2.73. The van der Waals surface area contributed by atoms with Crippen molar-refractivity contribution in [3.63, 3.8) is 0 Å². The van der Waals surface area contributed by atoms with Gasteiger partial charge in [-0.3, -0.25) is 9.69 Å². The van der Waals surface area contributed by atoms with Crippen molar-refractivity contribution in [2.75, 3.05) is 19.1 Å². The van der Waals surface area contributed by atoms with E-state index in [1.807, 2.05) is 0 Å². The normalized spacial score (nSPS) is 16.0. The summed E-state index contributed by atoms with van der Waals surface area (Å²) in [5.74, 6) is 0.693. The number of ether oxygens (including phenoxy) is 2. The summed E-state index contributed by atoms with van der Waals surface area (Å²) in [6.45, 7) is 0. The van der Waals surface area contributed by atoms with Gasteiger partial charge in [0.2, 0.25) is 0 Å². The van der Waals surface area contributed by atoms with E-state index < -0.39 is 6.04 Å². The molecule has 1 aliphatic heterocycles. The number of amides is 1. The van der Waals surface area contributed by atoms with Crippen molar-refractivity contribution in [3.05, 3.63) is 47.5 Å². The molecule has 0 radical (unpaired) electrons. The SMILES string of the molecule is COc1cc(OC)c2c(c1)C(=O)N(c1ccc(O)cc1)C2C#N. The highest BCUT2D eigenvalue weighted by molar-refractivity contribution is 6.12. The van der Waals surface area contributed by atoms with Gasteiger partial charge in [0, 0.05) is 17.3 Å². The number of benzene rings is 2. The lowest BCUT2D eigenvalue weighted by Crippen LogP contribution is -2.26. The smallest absolute Gasteiger partial charge is 0.260 e. The number of methoxy groups -OCH3 is 2. The molecular formula is C17H14N2O4. The van der Waals surface area contributed by atoms with Gasteiger partial charge in [-0.1, -0.05) is 0 Å². The zero-order chi connectivity index (χ0) is 16.6. The molecule has 1 aliphatic rings. The lowest BCUT2D eigenvalue weighted by Gasteiger charge is -2.20. The summed E-state index contributed by atoms with van der Waals surface area (Å²) in [7, 11) is 2.98. The number of anilines is 1. The summed E-state index contributed by atoms with van der Waals surface area (Å²) in [4.78, 5) is 14.2. The zero-order valence-corrected chi connectivity index (χ0v) is 12.6. The van der Waals surface area contributed by atoms with Gasteiger partial charge >= 0.3 is 0 Å². The Morgan fingerprint density at radius 2 is 1.87 bits per heavy atom. The van der Waals surface area contributed by atoms with Gasteiger partial charge in [-0.25, -0.2) is 0 Å². The Balaban J connectivity index is 2.17. The summed E-state index contributed by atoms with van der Waals surface area (Å²) in [5.41, 5.74) is 1.42. The highest BCUT2D eigenvalue weighted by atomic mass is 16.5. The molecule has 23 heavy (non-hydrogen) atoms. The van der Waals surface area contributed by atoms with Gasteiger partial charge in [0.25, 0.3) is 5.91 Å². The number of carbonyl (C=O) groups excluding carboxylic acids is 1. The maximum atomic E-state index is 12.8.